The second-order valence-electron chi connectivity index (χ2n) is 3.24. The molecular weight excluding hydrogens is 154 g/mol. The highest BCUT2D eigenvalue weighted by atomic mass is 16.2. The van der Waals surface area contributed by atoms with Gasteiger partial charge in [-0.15, -0.1) is 0 Å². The fourth-order valence-electron chi connectivity index (χ4n) is 1.06. The summed E-state index contributed by atoms with van der Waals surface area (Å²) in [7, 11) is 0. The first-order valence-corrected chi connectivity index (χ1v) is 4.28. The molecule has 1 N–H and O–H groups in total. The Morgan fingerprint density at radius 1 is 1.33 bits per heavy atom. The maximum Gasteiger partial charge on any atom is 0.217 e. The zero-order valence-corrected chi connectivity index (χ0v) is 8.18. The van der Waals surface area contributed by atoms with Gasteiger partial charge in [0.2, 0.25) is 5.91 Å². The van der Waals surface area contributed by atoms with Gasteiger partial charge in [0, 0.05) is 13.3 Å². The van der Waals surface area contributed by atoms with Crippen molar-refractivity contribution in [2.75, 3.05) is 0 Å². The molecule has 0 aromatic carbocycles. The third kappa shape index (κ3) is 3.51. The lowest BCUT2D eigenvalue weighted by Crippen LogP contribution is -2.43. The molecule has 0 heterocycles. The van der Waals surface area contributed by atoms with E-state index in [0.29, 0.717) is 6.42 Å². The predicted molar refractivity (Wildman–Crippen MR) is 47.7 cm³/mol. The van der Waals surface area contributed by atoms with Crippen LogP contribution in [0, 0.1) is 5.92 Å². The van der Waals surface area contributed by atoms with Crippen LogP contribution in [0.5, 0.6) is 0 Å². The van der Waals surface area contributed by atoms with Crippen LogP contribution >= 0.6 is 0 Å². The van der Waals surface area contributed by atoms with Crippen LogP contribution in [-0.4, -0.2) is 17.7 Å². The Hall–Kier alpha value is -0.860. The summed E-state index contributed by atoms with van der Waals surface area (Å²) in [5.74, 6) is 0.122. The van der Waals surface area contributed by atoms with Gasteiger partial charge in [0.1, 0.15) is 0 Å². The predicted octanol–water partition coefficient (Wildman–Crippen LogP) is 1.13. The van der Waals surface area contributed by atoms with Crippen LogP contribution < -0.4 is 5.32 Å². The zero-order valence-electron chi connectivity index (χ0n) is 8.18. The number of rotatable bonds is 4. The van der Waals surface area contributed by atoms with E-state index in [0.717, 1.165) is 0 Å². The molecule has 0 radical (unpaired) electrons. The summed E-state index contributed by atoms with van der Waals surface area (Å²) in [6.45, 7) is 7.08. The molecule has 3 nitrogen and oxygen atoms in total. The van der Waals surface area contributed by atoms with E-state index in [1.54, 1.807) is 6.92 Å². The Kier molecular flexibility index (Phi) is 4.55. The first-order chi connectivity index (χ1) is 5.49. The van der Waals surface area contributed by atoms with Crippen LogP contribution in [0.3, 0.4) is 0 Å². The summed E-state index contributed by atoms with van der Waals surface area (Å²) in [4.78, 5) is 22.0. The second kappa shape index (κ2) is 4.91. The molecule has 0 saturated carbocycles. The van der Waals surface area contributed by atoms with Crippen molar-refractivity contribution in [3.05, 3.63) is 0 Å². The van der Waals surface area contributed by atoms with Gasteiger partial charge in [-0.3, -0.25) is 9.59 Å². The van der Waals surface area contributed by atoms with Gasteiger partial charge in [-0.25, -0.2) is 0 Å². The quantitative estimate of drug-likeness (QED) is 0.689. The Morgan fingerprint density at radius 3 is 2.08 bits per heavy atom. The smallest absolute Gasteiger partial charge is 0.217 e. The molecule has 1 amide bonds. The molecule has 0 fully saturated rings. The number of carbonyl (C=O) groups is 2. The van der Waals surface area contributed by atoms with Crippen molar-refractivity contribution in [1.82, 2.24) is 5.32 Å². The molecule has 0 bridgehead atoms. The largest absolute Gasteiger partial charge is 0.346 e. The molecule has 3 heteroatoms. The maximum atomic E-state index is 11.3. The standard InChI is InChI=1S/C9H17NO2/c1-5-8(12)9(6(2)3)10-7(4)11/h6,9H,5H2,1-4H3,(H,10,11). The average molecular weight is 171 g/mol. The first-order valence-electron chi connectivity index (χ1n) is 4.28. The van der Waals surface area contributed by atoms with Crippen LogP contribution in [0.25, 0.3) is 0 Å². The Labute approximate surface area is 73.5 Å². The minimum absolute atomic E-state index is 0.0974. The van der Waals surface area contributed by atoms with Crippen LogP contribution in [0.1, 0.15) is 34.1 Å². The summed E-state index contributed by atoms with van der Waals surface area (Å²) in [5, 5.41) is 2.64. The summed E-state index contributed by atoms with van der Waals surface area (Å²) >= 11 is 0. The van der Waals surface area contributed by atoms with Crippen molar-refractivity contribution in [2.24, 2.45) is 5.92 Å². The Balaban J connectivity index is 4.23. The number of hydrogen-bond donors (Lipinski definition) is 1. The highest BCUT2D eigenvalue weighted by molar-refractivity contribution is 5.88. The molecule has 70 valence electrons. The van der Waals surface area contributed by atoms with Gasteiger partial charge in [0.15, 0.2) is 5.78 Å². The lowest BCUT2D eigenvalue weighted by Gasteiger charge is -2.19. The molecule has 0 saturated heterocycles. The normalized spacial score (nSPS) is 12.8. The lowest BCUT2D eigenvalue weighted by atomic mass is 9.98. The molecule has 1 unspecified atom stereocenters. The van der Waals surface area contributed by atoms with Gasteiger partial charge in [0.25, 0.3) is 0 Å². The van der Waals surface area contributed by atoms with Crippen LogP contribution in [0.15, 0.2) is 0 Å². The van der Waals surface area contributed by atoms with E-state index in [1.165, 1.54) is 6.92 Å². The third-order valence-corrected chi connectivity index (χ3v) is 1.72. The highest BCUT2D eigenvalue weighted by Gasteiger charge is 2.20. The van der Waals surface area contributed by atoms with E-state index in [2.05, 4.69) is 5.32 Å². The van der Waals surface area contributed by atoms with Crippen molar-refractivity contribution >= 4 is 11.7 Å². The maximum absolute atomic E-state index is 11.3. The van der Waals surface area contributed by atoms with E-state index in [9.17, 15) is 9.59 Å². The molecule has 0 spiro atoms. The minimum atomic E-state index is -0.313. The molecular formula is C9H17NO2. The lowest BCUT2D eigenvalue weighted by molar-refractivity contribution is -0.127. The fourth-order valence-corrected chi connectivity index (χ4v) is 1.06. The van der Waals surface area contributed by atoms with Gasteiger partial charge in [-0.05, 0) is 5.92 Å². The number of amides is 1. The molecule has 0 aromatic rings. The molecule has 0 aliphatic heterocycles. The Bertz CT molecular complexity index is 175. The molecule has 12 heavy (non-hydrogen) atoms. The summed E-state index contributed by atoms with van der Waals surface area (Å²) in [5.41, 5.74) is 0. The van der Waals surface area contributed by atoms with Gasteiger partial charge >= 0.3 is 0 Å². The van der Waals surface area contributed by atoms with Crippen LogP contribution in [0.4, 0.5) is 0 Å². The average Bonchev–Trinajstić information content (AvgIpc) is 1.98. The van der Waals surface area contributed by atoms with Crippen molar-refractivity contribution in [1.29, 1.82) is 0 Å². The zero-order chi connectivity index (χ0) is 9.72. The molecule has 0 aliphatic carbocycles. The van der Waals surface area contributed by atoms with Gasteiger partial charge in [-0.1, -0.05) is 20.8 Å². The van der Waals surface area contributed by atoms with Crippen LogP contribution in [-0.2, 0) is 9.59 Å². The molecule has 0 aliphatic rings. The Morgan fingerprint density at radius 2 is 1.83 bits per heavy atom. The third-order valence-electron chi connectivity index (χ3n) is 1.72. The molecule has 0 rings (SSSR count). The monoisotopic (exact) mass is 171 g/mol. The van der Waals surface area contributed by atoms with Gasteiger partial charge in [-0.2, -0.15) is 0 Å². The number of nitrogens with one attached hydrogen (secondary N) is 1. The SMILES string of the molecule is CCC(=O)C(NC(C)=O)C(C)C. The van der Waals surface area contributed by atoms with Crippen molar-refractivity contribution < 1.29 is 9.59 Å². The van der Waals surface area contributed by atoms with Crippen molar-refractivity contribution in [2.45, 2.75) is 40.2 Å². The number of ketones is 1. The summed E-state index contributed by atoms with van der Waals surface area (Å²) in [6, 6.07) is -0.313. The van der Waals surface area contributed by atoms with E-state index < -0.39 is 0 Å². The summed E-state index contributed by atoms with van der Waals surface area (Å²) < 4.78 is 0. The summed E-state index contributed by atoms with van der Waals surface area (Å²) in [6.07, 6.45) is 0.475. The number of hydrogen-bond acceptors (Lipinski definition) is 2. The first kappa shape index (κ1) is 11.1. The van der Waals surface area contributed by atoms with E-state index in [-0.39, 0.29) is 23.7 Å². The van der Waals surface area contributed by atoms with Crippen LogP contribution in [0.2, 0.25) is 0 Å². The van der Waals surface area contributed by atoms with E-state index in [1.807, 2.05) is 13.8 Å². The minimum Gasteiger partial charge on any atom is -0.346 e. The second-order valence-corrected chi connectivity index (χ2v) is 3.24. The highest BCUT2D eigenvalue weighted by Crippen LogP contribution is 2.04. The fraction of sp³-hybridized carbons (Fsp3) is 0.778. The van der Waals surface area contributed by atoms with Crippen molar-refractivity contribution in [3.8, 4) is 0 Å². The molecule has 0 aromatic heterocycles. The van der Waals surface area contributed by atoms with Gasteiger partial charge < -0.3 is 5.32 Å². The van der Waals surface area contributed by atoms with E-state index >= 15 is 0 Å². The van der Waals surface area contributed by atoms with Gasteiger partial charge in [0.05, 0.1) is 6.04 Å². The molecule has 1 atom stereocenters. The number of carbonyl (C=O) groups excluding carboxylic acids is 2. The number of Topliss-reactive ketones (excluding diaryl/α,β-unsaturated/α-hetero) is 1. The van der Waals surface area contributed by atoms with E-state index in [4.69, 9.17) is 0 Å². The topological polar surface area (TPSA) is 46.2 Å². The van der Waals surface area contributed by atoms with Crippen molar-refractivity contribution in [3.63, 3.8) is 0 Å².